The molecule has 23 heavy (non-hydrogen) atoms. The molecular weight excluding hydrogens is 312 g/mol. The van der Waals surface area contributed by atoms with Gasteiger partial charge in [0.15, 0.2) is 0 Å². The average Bonchev–Trinajstić information content (AvgIpc) is 3.13. The van der Waals surface area contributed by atoms with Crippen LogP contribution in [0.5, 0.6) is 0 Å². The summed E-state index contributed by atoms with van der Waals surface area (Å²) in [5.74, 6) is -0.413. The monoisotopic (exact) mass is 332 g/mol. The molecule has 1 aromatic heterocycles. The van der Waals surface area contributed by atoms with Crippen LogP contribution in [0, 0.1) is 0 Å². The summed E-state index contributed by atoms with van der Waals surface area (Å²) in [7, 11) is 0. The molecule has 2 aromatic rings. The van der Waals surface area contributed by atoms with Crippen LogP contribution >= 0.6 is 11.3 Å². The molecule has 3 N–H and O–H groups in total. The molecule has 2 amide bonds. The Bertz CT molecular complexity index is 682. The maximum atomic E-state index is 12.0. The van der Waals surface area contributed by atoms with E-state index in [4.69, 9.17) is 5.73 Å². The second-order valence-corrected chi connectivity index (χ2v) is 6.82. The Labute approximate surface area is 138 Å². The number of amides is 2. The van der Waals surface area contributed by atoms with E-state index in [1.807, 2.05) is 29.2 Å². The molecule has 0 saturated carbocycles. The Morgan fingerprint density at radius 2 is 2.22 bits per heavy atom. The van der Waals surface area contributed by atoms with Crippen LogP contribution in [0.3, 0.4) is 0 Å². The molecule has 0 spiro atoms. The summed E-state index contributed by atoms with van der Waals surface area (Å²) in [6.07, 6.45) is 2.37. The summed E-state index contributed by atoms with van der Waals surface area (Å²) < 4.78 is 1.16. The van der Waals surface area contributed by atoms with Crippen LogP contribution in [-0.4, -0.2) is 47.4 Å². The molecule has 0 bridgehead atoms. The van der Waals surface area contributed by atoms with Crippen molar-refractivity contribution in [3.63, 3.8) is 0 Å². The number of rotatable bonds is 6. The zero-order valence-electron chi connectivity index (χ0n) is 12.8. The van der Waals surface area contributed by atoms with Crippen LogP contribution in [0.1, 0.15) is 17.8 Å². The van der Waals surface area contributed by atoms with Crippen LogP contribution < -0.4 is 11.1 Å². The number of primary amides is 1. The van der Waals surface area contributed by atoms with Gasteiger partial charge in [0.1, 0.15) is 0 Å². The standard InChI is InChI=1S/C16H20N4O2S/c17-16(22)12-5-3-9-20(12)10-14(21)18-8-7-15-19-11-4-1-2-6-13(11)23-15/h1-2,4,6,12H,3,5,7-10H2,(H2,17,22)(H,18,21). The number of fused-ring (bicyclic) bond motifs is 1. The van der Waals surface area contributed by atoms with Crippen molar-refractivity contribution in [3.8, 4) is 0 Å². The molecule has 1 fully saturated rings. The highest BCUT2D eigenvalue weighted by Gasteiger charge is 2.30. The average molecular weight is 332 g/mol. The van der Waals surface area contributed by atoms with Crippen molar-refractivity contribution in [2.75, 3.05) is 19.6 Å². The smallest absolute Gasteiger partial charge is 0.234 e. The quantitative estimate of drug-likeness (QED) is 0.823. The van der Waals surface area contributed by atoms with Gasteiger partial charge in [-0.25, -0.2) is 4.98 Å². The number of likely N-dealkylation sites (tertiary alicyclic amines) is 1. The highest BCUT2D eigenvalue weighted by Crippen LogP contribution is 2.21. The maximum Gasteiger partial charge on any atom is 0.234 e. The zero-order valence-corrected chi connectivity index (χ0v) is 13.6. The Balaban J connectivity index is 1.46. The molecule has 2 heterocycles. The van der Waals surface area contributed by atoms with E-state index in [-0.39, 0.29) is 24.4 Å². The lowest BCUT2D eigenvalue weighted by Gasteiger charge is -2.20. The van der Waals surface area contributed by atoms with Crippen molar-refractivity contribution < 1.29 is 9.59 Å². The molecule has 7 heteroatoms. The first-order valence-electron chi connectivity index (χ1n) is 7.78. The first-order chi connectivity index (χ1) is 11.1. The van der Waals surface area contributed by atoms with Crippen molar-refractivity contribution in [1.82, 2.24) is 15.2 Å². The van der Waals surface area contributed by atoms with Crippen molar-refractivity contribution in [1.29, 1.82) is 0 Å². The van der Waals surface area contributed by atoms with Crippen LogP contribution in [0.25, 0.3) is 10.2 Å². The van der Waals surface area contributed by atoms with Crippen molar-refractivity contribution in [3.05, 3.63) is 29.3 Å². The summed E-state index contributed by atoms with van der Waals surface area (Å²) in [4.78, 5) is 29.7. The summed E-state index contributed by atoms with van der Waals surface area (Å²) >= 11 is 1.65. The number of aromatic nitrogens is 1. The van der Waals surface area contributed by atoms with Gasteiger partial charge in [-0.3, -0.25) is 14.5 Å². The topological polar surface area (TPSA) is 88.3 Å². The molecule has 1 aromatic carbocycles. The van der Waals surface area contributed by atoms with Gasteiger partial charge in [0.05, 0.1) is 27.8 Å². The normalized spacial score (nSPS) is 18.3. The molecule has 3 rings (SSSR count). The maximum absolute atomic E-state index is 12.0. The fourth-order valence-electron chi connectivity index (χ4n) is 2.91. The number of nitrogens with zero attached hydrogens (tertiary/aromatic N) is 2. The lowest BCUT2D eigenvalue weighted by Crippen LogP contribution is -2.45. The van der Waals surface area contributed by atoms with Gasteiger partial charge < -0.3 is 11.1 Å². The van der Waals surface area contributed by atoms with E-state index in [0.717, 1.165) is 34.6 Å². The number of hydrogen-bond donors (Lipinski definition) is 2. The van der Waals surface area contributed by atoms with E-state index in [9.17, 15) is 9.59 Å². The summed E-state index contributed by atoms with van der Waals surface area (Å²) in [5.41, 5.74) is 6.36. The molecule has 0 radical (unpaired) electrons. The number of thiazole rings is 1. The van der Waals surface area contributed by atoms with Crippen LogP contribution in [0.15, 0.2) is 24.3 Å². The number of nitrogens with two attached hydrogens (primary N) is 1. The van der Waals surface area contributed by atoms with Gasteiger partial charge in [0.2, 0.25) is 11.8 Å². The minimum atomic E-state index is -0.343. The van der Waals surface area contributed by atoms with Crippen LogP contribution in [0.4, 0.5) is 0 Å². The number of carbonyl (C=O) groups is 2. The molecule has 122 valence electrons. The zero-order chi connectivity index (χ0) is 16.2. The van der Waals surface area contributed by atoms with Crippen LogP contribution in [0.2, 0.25) is 0 Å². The second kappa shape index (κ2) is 7.06. The molecule has 1 unspecified atom stereocenters. The second-order valence-electron chi connectivity index (χ2n) is 5.71. The largest absolute Gasteiger partial charge is 0.368 e. The van der Waals surface area contributed by atoms with Gasteiger partial charge in [0, 0.05) is 13.0 Å². The van der Waals surface area contributed by atoms with Crippen molar-refractivity contribution in [2.45, 2.75) is 25.3 Å². The highest BCUT2D eigenvalue weighted by molar-refractivity contribution is 7.18. The molecule has 1 aliphatic rings. The molecule has 1 aliphatic heterocycles. The Morgan fingerprint density at radius 1 is 1.39 bits per heavy atom. The third-order valence-electron chi connectivity index (χ3n) is 4.04. The van der Waals surface area contributed by atoms with Gasteiger partial charge in [-0.2, -0.15) is 0 Å². The minimum Gasteiger partial charge on any atom is -0.368 e. The van der Waals surface area contributed by atoms with E-state index in [2.05, 4.69) is 10.3 Å². The summed E-state index contributed by atoms with van der Waals surface area (Å²) in [6, 6.07) is 7.71. The molecule has 0 aliphatic carbocycles. The number of para-hydroxylation sites is 1. The fraction of sp³-hybridized carbons (Fsp3) is 0.438. The van der Waals surface area contributed by atoms with E-state index < -0.39 is 0 Å². The SMILES string of the molecule is NC(=O)C1CCCN1CC(=O)NCCc1nc2ccccc2s1. The lowest BCUT2D eigenvalue weighted by atomic mass is 10.2. The van der Waals surface area contributed by atoms with Gasteiger partial charge in [-0.15, -0.1) is 11.3 Å². The van der Waals surface area contributed by atoms with E-state index in [1.54, 1.807) is 11.3 Å². The van der Waals surface area contributed by atoms with E-state index >= 15 is 0 Å². The number of benzene rings is 1. The lowest BCUT2D eigenvalue weighted by molar-refractivity contribution is -0.125. The van der Waals surface area contributed by atoms with Crippen LogP contribution in [-0.2, 0) is 16.0 Å². The minimum absolute atomic E-state index is 0.0701. The highest BCUT2D eigenvalue weighted by atomic mass is 32.1. The Kier molecular flexibility index (Phi) is 4.88. The van der Waals surface area contributed by atoms with Gasteiger partial charge in [-0.05, 0) is 31.5 Å². The molecule has 1 atom stereocenters. The van der Waals surface area contributed by atoms with Gasteiger partial charge in [-0.1, -0.05) is 12.1 Å². The fourth-order valence-corrected chi connectivity index (χ4v) is 3.88. The Hall–Kier alpha value is -1.99. The van der Waals surface area contributed by atoms with Crippen molar-refractivity contribution >= 4 is 33.4 Å². The molecule has 1 saturated heterocycles. The predicted octanol–water partition coefficient (Wildman–Crippen LogP) is 0.905. The summed E-state index contributed by atoms with van der Waals surface area (Å²) in [5, 5.41) is 3.91. The molecular formula is C16H20N4O2S. The number of hydrogen-bond acceptors (Lipinski definition) is 5. The van der Waals surface area contributed by atoms with E-state index in [1.165, 1.54) is 0 Å². The predicted molar refractivity (Wildman–Crippen MR) is 90.1 cm³/mol. The number of carbonyl (C=O) groups excluding carboxylic acids is 2. The third-order valence-corrected chi connectivity index (χ3v) is 5.13. The summed E-state index contributed by atoms with van der Waals surface area (Å²) in [6.45, 7) is 1.53. The first-order valence-corrected chi connectivity index (χ1v) is 8.59. The van der Waals surface area contributed by atoms with Gasteiger partial charge >= 0.3 is 0 Å². The van der Waals surface area contributed by atoms with E-state index in [0.29, 0.717) is 13.0 Å². The number of nitrogens with one attached hydrogen (secondary N) is 1. The van der Waals surface area contributed by atoms with Gasteiger partial charge in [0.25, 0.3) is 0 Å². The first kappa shape index (κ1) is 15.9. The third kappa shape index (κ3) is 3.86. The van der Waals surface area contributed by atoms with Crippen molar-refractivity contribution in [2.24, 2.45) is 5.73 Å². The Morgan fingerprint density at radius 3 is 3.00 bits per heavy atom. The molecule has 6 nitrogen and oxygen atoms in total.